The lowest BCUT2D eigenvalue weighted by atomic mass is 10.0. The number of carbonyl (C=O) groups is 1. The summed E-state index contributed by atoms with van der Waals surface area (Å²) < 4.78 is 24.4. The highest BCUT2D eigenvalue weighted by molar-refractivity contribution is 7.88. The molecule has 16 heavy (non-hydrogen) atoms. The molecule has 0 aromatic heterocycles. The average Bonchev–Trinajstić information content (AvgIpc) is 2.14. The van der Waals surface area contributed by atoms with Crippen LogP contribution in [0.1, 0.15) is 18.5 Å². The molecule has 0 saturated carbocycles. The Labute approximate surface area is 94.2 Å². The standard InChI is InChI=1S/C10H13NO4S/c1-7(12)10(11-16(2,14)15)8-3-5-9(13)6-4-8/h3-6,10-11,13H,1-2H3. The monoisotopic (exact) mass is 243 g/mol. The molecular formula is C10H13NO4S. The van der Waals surface area contributed by atoms with Crippen molar-refractivity contribution < 1.29 is 18.3 Å². The predicted molar refractivity (Wildman–Crippen MR) is 59.5 cm³/mol. The molecule has 0 aliphatic rings. The minimum atomic E-state index is -3.46. The molecule has 1 aromatic rings. The molecule has 1 atom stereocenters. The molecule has 6 heteroatoms. The van der Waals surface area contributed by atoms with Gasteiger partial charge in [-0.3, -0.25) is 4.79 Å². The summed E-state index contributed by atoms with van der Waals surface area (Å²) in [6, 6.07) is 4.89. The van der Waals surface area contributed by atoms with E-state index in [9.17, 15) is 13.2 Å². The van der Waals surface area contributed by atoms with Crippen LogP contribution in [-0.4, -0.2) is 25.6 Å². The lowest BCUT2D eigenvalue weighted by Crippen LogP contribution is -2.31. The van der Waals surface area contributed by atoms with Crippen LogP contribution >= 0.6 is 0 Å². The Morgan fingerprint density at radius 1 is 1.31 bits per heavy atom. The van der Waals surface area contributed by atoms with Crippen LogP contribution < -0.4 is 4.72 Å². The lowest BCUT2D eigenvalue weighted by Gasteiger charge is -2.14. The second-order valence-electron chi connectivity index (χ2n) is 3.53. The van der Waals surface area contributed by atoms with Crippen LogP contribution in [0, 0.1) is 0 Å². The van der Waals surface area contributed by atoms with Crippen molar-refractivity contribution in [2.45, 2.75) is 13.0 Å². The van der Waals surface area contributed by atoms with Crippen molar-refractivity contribution in [3.8, 4) is 5.75 Å². The van der Waals surface area contributed by atoms with Gasteiger partial charge in [-0.05, 0) is 24.6 Å². The fraction of sp³-hybridized carbons (Fsp3) is 0.300. The number of ketones is 1. The highest BCUT2D eigenvalue weighted by atomic mass is 32.2. The zero-order chi connectivity index (χ0) is 12.3. The number of phenolic OH excluding ortho intramolecular Hbond substituents is 1. The van der Waals surface area contributed by atoms with Crippen molar-refractivity contribution in [1.29, 1.82) is 0 Å². The van der Waals surface area contributed by atoms with E-state index in [1.54, 1.807) is 0 Å². The summed E-state index contributed by atoms with van der Waals surface area (Å²) in [6.45, 7) is 1.30. The van der Waals surface area contributed by atoms with Gasteiger partial charge >= 0.3 is 0 Å². The van der Waals surface area contributed by atoms with Crippen LogP contribution in [0.4, 0.5) is 0 Å². The van der Waals surface area contributed by atoms with E-state index in [1.165, 1.54) is 31.2 Å². The van der Waals surface area contributed by atoms with Gasteiger partial charge in [-0.15, -0.1) is 0 Å². The smallest absolute Gasteiger partial charge is 0.209 e. The van der Waals surface area contributed by atoms with Gasteiger partial charge in [0.15, 0.2) is 5.78 Å². The van der Waals surface area contributed by atoms with Gasteiger partial charge in [0, 0.05) is 0 Å². The molecule has 0 spiro atoms. The third-order valence-corrected chi connectivity index (χ3v) is 2.63. The molecule has 1 rings (SSSR count). The maximum Gasteiger partial charge on any atom is 0.209 e. The Morgan fingerprint density at radius 2 is 1.81 bits per heavy atom. The number of sulfonamides is 1. The number of rotatable bonds is 4. The molecule has 0 aliphatic carbocycles. The molecular weight excluding hydrogens is 230 g/mol. The minimum Gasteiger partial charge on any atom is -0.508 e. The van der Waals surface area contributed by atoms with E-state index >= 15 is 0 Å². The van der Waals surface area contributed by atoms with Crippen LogP contribution in [0.3, 0.4) is 0 Å². The van der Waals surface area contributed by atoms with Crippen molar-refractivity contribution >= 4 is 15.8 Å². The number of hydrogen-bond acceptors (Lipinski definition) is 4. The number of phenols is 1. The summed E-state index contributed by atoms with van der Waals surface area (Å²) in [5.74, 6) is -0.249. The number of nitrogens with one attached hydrogen (secondary N) is 1. The fourth-order valence-electron chi connectivity index (χ4n) is 1.27. The van der Waals surface area contributed by atoms with Gasteiger partial charge in [-0.25, -0.2) is 13.1 Å². The molecule has 0 fully saturated rings. The molecule has 1 unspecified atom stereocenters. The lowest BCUT2D eigenvalue weighted by molar-refractivity contribution is -0.118. The van der Waals surface area contributed by atoms with Crippen molar-refractivity contribution in [2.75, 3.05) is 6.26 Å². The molecule has 2 N–H and O–H groups in total. The summed E-state index contributed by atoms with van der Waals surface area (Å²) >= 11 is 0. The maximum absolute atomic E-state index is 11.3. The van der Waals surface area contributed by atoms with Crippen LogP contribution in [0.25, 0.3) is 0 Å². The van der Waals surface area contributed by atoms with E-state index in [-0.39, 0.29) is 11.5 Å². The maximum atomic E-state index is 11.3. The Kier molecular flexibility index (Phi) is 3.66. The SMILES string of the molecule is CC(=O)C(NS(C)(=O)=O)c1ccc(O)cc1. The van der Waals surface area contributed by atoms with Crippen LogP contribution in [-0.2, 0) is 14.8 Å². The Balaban J connectivity index is 3.03. The molecule has 0 bridgehead atoms. The number of aromatic hydroxyl groups is 1. The Bertz CT molecular complexity index is 478. The first-order chi connectivity index (χ1) is 7.29. The van der Waals surface area contributed by atoms with E-state index in [4.69, 9.17) is 5.11 Å². The number of carbonyl (C=O) groups excluding carboxylic acids is 1. The average molecular weight is 243 g/mol. The quantitative estimate of drug-likeness (QED) is 0.810. The zero-order valence-electron chi connectivity index (χ0n) is 8.97. The van der Waals surface area contributed by atoms with Gasteiger partial charge in [-0.2, -0.15) is 0 Å². The highest BCUT2D eigenvalue weighted by Gasteiger charge is 2.20. The summed E-state index contributed by atoms with van der Waals surface area (Å²) in [6.07, 6.45) is 0.989. The summed E-state index contributed by atoms with van der Waals surface area (Å²) in [7, 11) is -3.46. The molecule has 5 nitrogen and oxygen atoms in total. The van der Waals surface area contributed by atoms with Gasteiger partial charge in [0.05, 0.1) is 6.26 Å². The summed E-state index contributed by atoms with van der Waals surface area (Å²) in [5, 5.41) is 9.09. The minimum absolute atomic E-state index is 0.0606. The second kappa shape index (κ2) is 4.63. The van der Waals surface area contributed by atoms with Gasteiger partial charge < -0.3 is 5.11 Å². The Morgan fingerprint density at radius 3 is 2.19 bits per heavy atom. The summed E-state index contributed by atoms with van der Waals surface area (Å²) in [4.78, 5) is 11.3. The van der Waals surface area contributed by atoms with Gasteiger partial charge in [-0.1, -0.05) is 12.1 Å². The van der Waals surface area contributed by atoms with Crippen LogP contribution in [0.5, 0.6) is 5.75 Å². The van der Waals surface area contributed by atoms with E-state index in [1.807, 2.05) is 0 Å². The molecule has 0 saturated heterocycles. The van der Waals surface area contributed by atoms with Crippen LogP contribution in [0.15, 0.2) is 24.3 Å². The largest absolute Gasteiger partial charge is 0.508 e. The molecule has 0 heterocycles. The first kappa shape index (κ1) is 12.7. The molecule has 0 amide bonds. The second-order valence-corrected chi connectivity index (χ2v) is 5.31. The number of Topliss-reactive ketones (excluding diaryl/α,β-unsaturated/α-hetero) is 1. The first-order valence-electron chi connectivity index (χ1n) is 4.56. The van der Waals surface area contributed by atoms with Crippen LogP contribution in [0.2, 0.25) is 0 Å². The number of benzene rings is 1. The third-order valence-electron chi connectivity index (χ3n) is 1.96. The topological polar surface area (TPSA) is 83.5 Å². The van der Waals surface area contributed by atoms with Crippen molar-refractivity contribution in [1.82, 2.24) is 4.72 Å². The van der Waals surface area contributed by atoms with E-state index in [0.29, 0.717) is 5.56 Å². The normalized spacial score (nSPS) is 13.4. The van der Waals surface area contributed by atoms with E-state index in [2.05, 4.69) is 4.72 Å². The fourth-order valence-corrected chi connectivity index (χ4v) is 2.00. The van der Waals surface area contributed by atoms with Crippen molar-refractivity contribution in [3.63, 3.8) is 0 Å². The van der Waals surface area contributed by atoms with E-state index in [0.717, 1.165) is 6.26 Å². The molecule has 0 radical (unpaired) electrons. The predicted octanol–water partition coefficient (Wildman–Crippen LogP) is 0.571. The Hall–Kier alpha value is -1.40. The first-order valence-corrected chi connectivity index (χ1v) is 6.45. The molecule has 0 aliphatic heterocycles. The zero-order valence-corrected chi connectivity index (χ0v) is 9.78. The molecule has 1 aromatic carbocycles. The molecule has 88 valence electrons. The van der Waals surface area contributed by atoms with Gasteiger partial charge in [0.2, 0.25) is 10.0 Å². The van der Waals surface area contributed by atoms with Gasteiger partial charge in [0.1, 0.15) is 11.8 Å². The van der Waals surface area contributed by atoms with Crippen molar-refractivity contribution in [2.24, 2.45) is 0 Å². The number of hydrogen-bond donors (Lipinski definition) is 2. The highest BCUT2D eigenvalue weighted by Crippen LogP contribution is 2.18. The van der Waals surface area contributed by atoms with E-state index < -0.39 is 16.1 Å². The third kappa shape index (κ3) is 3.63. The summed E-state index contributed by atoms with van der Waals surface area (Å²) in [5.41, 5.74) is 0.496. The van der Waals surface area contributed by atoms with Gasteiger partial charge in [0.25, 0.3) is 0 Å². The van der Waals surface area contributed by atoms with Crippen molar-refractivity contribution in [3.05, 3.63) is 29.8 Å².